The summed E-state index contributed by atoms with van der Waals surface area (Å²) in [6, 6.07) is 0. The second-order valence-corrected chi connectivity index (χ2v) is 3.71. The van der Waals surface area contributed by atoms with Crippen LogP contribution in [0.2, 0.25) is 0 Å². The highest BCUT2D eigenvalue weighted by molar-refractivity contribution is 5.79. The largest absolute Gasteiger partial charge is 0.300 e. The third kappa shape index (κ3) is 1.37. The first kappa shape index (κ1) is 7.08. The van der Waals surface area contributed by atoms with Crippen LogP contribution in [0, 0.1) is 11.8 Å². The molecule has 2 atom stereocenters. The van der Waals surface area contributed by atoms with Gasteiger partial charge in [-0.15, -0.1) is 0 Å². The van der Waals surface area contributed by atoms with Gasteiger partial charge in [-0.05, 0) is 31.1 Å². The number of rotatable bonds is 0. The molecule has 0 amide bonds. The maximum Gasteiger partial charge on any atom is 0.133 e. The Morgan fingerprint density at radius 3 is 3.18 bits per heavy atom. The summed E-state index contributed by atoms with van der Waals surface area (Å²) in [5, 5.41) is 0. The van der Waals surface area contributed by atoms with Gasteiger partial charge in [-0.25, -0.2) is 0 Å². The number of hydrogen-bond donors (Lipinski definition) is 0. The zero-order chi connectivity index (χ0) is 7.68. The monoisotopic (exact) mass is 150 g/mol. The van der Waals surface area contributed by atoms with Gasteiger partial charge in [0.15, 0.2) is 0 Å². The normalized spacial score (nSPS) is 36.9. The molecule has 0 saturated heterocycles. The van der Waals surface area contributed by atoms with E-state index in [0.29, 0.717) is 11.7 Å². The van der Waals surface area contributed by atoms with Crippen molar-refractivity contribution in [2.24, 2.45) is 11.8 Å². The first-order valence-corrected chi connectivity index (χ1v) is 4.54. The Hall–Kier alpha value is -0.590. The van der Waals surface area contributed by atoms with E-state index in [0.717, 1.165) is 25.2 Å². The number of allylic oxidation sites excluding steroid dienone is 2. The number of fused-ring (bicyclic) bond motifs is 1. The van der Waals surface area contributed by atoms with E-state index < -0.39 is 0 Å². The Labute approximate surface area is 67.5 Å². The Balaban J connectivity index is 2.07. The zero-order valence-corrected chi connectivity index (χ0v) is 6.75. The predicted molar refractivity (Wildman–Crippen MR) is 44.2 cm³/mol. The van der Waals surface area contributed by atoms with Crippen molar-refractivity contribution in [3.8, 4) is 0 Å². The molecule has 1 fully saturated rings. The summed E-state index contributed by atoms with van der Waals surface area (Å²) in [7, 11) is 0. The van der Waals surface area contributed by atoms with E-state index in [1.165, 1.54) is 12.8 Å². The van der Waals surface area contributed by atoms with Crippen LogP contribution in [-0.4, -0.2) is 5.78 Å². The molecule has 0 heterocycles. The SMILES string of the molecule is O=C1CC[C@H]2C=CCC[C@H]2C1. The predicted octanol–water partition coefficient (Wildman–Crippen LogP) is 2.32. The van der Waals surface area contributed by atoms with E-state index in [-0.39, 0.29) is 0 Å². The van der Waals surface area contributed by atoms with Gasteiger partial charge < -0.3 is 0 Å². The van der Waals surface area contributed by atoms with Crippen LogP contribution in [0.15, 0.2) is 12.2 Å². The molecule has 1 saturated carbocycles. The molecule has 0 aromatic heterocycles. The van der Waals surface area contributed by atoms with Gasteiger partial charge in [0.05, 0.1) is 0 Å². The molecule has 2 aliphatic rings. The number of carbonyl (C=O) groups excluding carboxylic acids is 1. The summed E-state index contributed by atoms with van der Waals surface area (Å²) in [5.41, 5.74) is 0. The summed E-state index contributed by atoms with van der Waals surface area (Å²) in [6.45, 7) is 0. The maximum absolute atomic E-state index is 11.1. The molecule has 2 aliphatic carbocycles. The van der Waals surface area contributed by atoms with E-state index in [2.05, 4.69) is 12.2 Å². The Kier molecular flexibility index (Phi) is 1.80. The lowest BCUT2D eigenvalue weighted by atomic mass is 9.74. The van der Waals surface area contributed by atoms with E-state index in [1.54, 1.807) is 0 Å². The number of hydrogen-bond acceptors (Lipinski definition) is 1. The molecular formula is C10H14O. The lowest BCUT2D eigenvalue weighted by Crippen LogP contribution is -2.25. The fourth-order valence-corrected chi connectivity index (χ4v) is 2.26. The van der Waals surface area contributed by atoms with Crippen LogP contribution in [0.1, 0.15) is 32.1 Å². The van der Waals surface area contributed by atoms with E-state index in [9.17, 15) is 4.79 Å². The van der Waals surface area contributed by atoms with Gasteiger partial charge in [-0.2, -0.15) is 0 Å². The standard InChI is InChI=1S/C10H14O/c11-10-6-5-8-3-1-2-4-9(8)7-10/h1,3,8-9H,2,4-7H2/t8-,9+/m1/s1. The third-order valence-electron chi connectivity index (χ3n) is 2.94. The average Bonchev–Trinajstić information content (AvgIpc) is 2.04. The minimum absolute atomic E-state index is 0.488. The van der Waals surface area contributed by atoms with Crippen molar-refractivity contribution < 1.29 is 4.79 Å². The van der Waals surface area contributed by atoms with Crippen LogP contribution in [0.25, 0.3) is 0 Å². The van der Waals surface area contributed by atoms with Crippen molar-refractivity contribution in [3.63, 3.8) is 0 Å². The summed E-state index contributed by atoms with van der Waals surface area (Å²) in [5.74, 6) is 1.92. The molecule has 60 valence electrons. The van der Waals surface area contributed by atoms with Gasteiger partial charge in [0, 0.05) is 12.8 Å². The van der Waals surface area contributed by atoms with Gasteiger partial charge in [0.1, 0.15) is 5.78 Å². The maximum atomic E-state index is 11.1. The van der Waals surface area contributed by atoms with Crippen LogP contribution >= 0.6 is 0 Å². The van der Waals surface area contributed by atoms with E-state index in [4.69, 9.17) is 0 Å². The number of carbonyl (C=O) groups is 1. The zero-order valence-electron chi connectivity index (χ0n) is 6.75. The molecule has 0 N–H and O–H groups in total. The fourth-order valence-electron chi connectivity index (χ4n) is 2.26. The molecule has 0 aromatic carbocycles. The van der Waals surface area contributed by atoms with Crippen molar-refractivity contribution in [1.29, 1.82) is 0 Å². The molecule has 2 rings (SSSR count). The molecular weight excluding hydrogens is 136 g/mol. The Bertz CT molecular complexity index is 193. The van der Waals surface area contributed by atoms with Crippen LogP contribution in [0.5, 0.6) is 0 Å². The topological polar surface area (TPSA) is 17.1 Å². The average molecular weight is 150 g/mol. The van der Waals surface area contributed by atoms with Crippen molar-refractivity contribution >= 4 is 5.78 Å². The molecule has 0 aliphatic heterocycles. The molecule has 0 aromatic rings. The van der Waals surface area contributed by atoms with Gasteiger partial charge in [0.25, 0.3) is 0 Å². The van der Waals surface area contributed by atoms with Gasteiger partial charge in [0.2, 0.25) is 0 Å². The molecule has 0 bridgehead atoms. The highest BCUT2D eigenvalue weighted by Gasteiger charge is 2.28. The Morgan fingerprint density at radius 1 is 1.36 bits per heavy atom. The minimum atomic E-state index is 0.488. The fraction of sp³-hybridized carbons (Fsp3) is 0.700. The highest BCUT2D eigenvalue weighted by Crippen LogP contribution is 2.35. The van der Waals surface area contributed by atoms with Crippen molar-refractivity contribution in [1.82, 2.24) is 0 Å². The quantitative estimate of drug-likeness (QED) is 0.484. The van der Waals surface area contributed by atoms with Crippen molar-refractivity contribution in [2.75, 3.05) is 0 Å². The van der Waals surface area contributed by atoms with Gasteiger partial charge >= 0.3 is 0 Å². The summed E-state index contributed by atoms with van der Waals surface area (Å²) < 4.78 is 0. The van der Waals surface area contributed by atoms with Crippen LogP contribution in [-0.2, 0) is 4.79 Å². The van der Waals surface area contributed by atoms with E-state index in [1.807, 2.05) is 0 Å². The number of ketones is 1. The third-order valence-corrected chi connectivity index (χ3v) is 2.94. The molecule has 1 heteroatoms. The van der Waals surface area contributed by atoms with Crippen molar-refractivity contribution in [2.45, 2.75) is 32.1 Å². The van der Waals surface area contributed by atoms with Crippen LogP contribution in [0.3, 0.4) is 0 Å². The molecule has 11 heavy (non-hydrogen) atoms. The molecule has 0 spiro atoms. The van der Waals surface area contributed by atoms with E-state index >= 15 is 0 Å². The van der Waals surface area contributed by atoms with Crippen molar-refractivity contribution in [3.05, 3.63) is 12.2 Å². The Morgan fingerprint density at radius 2 is 2.27 bits per heavy atom. The second kappa shape index (κ2) is 2.80. The van der Waals surface area contributed by atoms with Crippen LogP contribution in [0.4, 0.5) is 0 Å². The lowest BCUT2D eigenvalue weighted by molar-refractivity contribution is -0.122. The molecule has 0 unspecified atom stereocenters. The van der Waals surface area contributed by atoms with Crippen LogP contribution < -0.4 is 0 Å². The summed E-state index contributed by atoms with van der Waals surface area (Å²) >= 11 is 0. The molecule has 0 radical (unpaired) electrons. The first-order valence-electron chi connectivity index (χ1n) is 4.54. The second-order valence-electron chi connectivity index (χ2n) is 3.71. The highest BCUT2D eigenvalue weighted by atomic mass is 16.1. The summed E-state index contributed by atoms with van der Waals surface area (Å²) in [6.07, 6.45) is 9.82. The summed E-state index contributed by atoms with van der Waals surface area (Å²) in [4.78, 5) is 11.1. The lowest BCUT2D eigenvalue weighted by Gasteiger charge is -2.30. The minimum Gasteiger partial charge on any atom is -0.300 e. The number of Topliss-reactive ketones (excluding diaryl/α,β-unsaturated/α-hetero) is 1. The first-order chi connectivity index (χ1) is 5.36. The van der Waals surface area contributed by atoms with Gasteiger partial charge in [-0.3, -0.25) is 4.79 Å². The molecule has 1 nitrogen and oxygen atoms in total. The van der Waals surface area contributed by atoms with Gasteiger partial charge in [-0.1, -0.05) is 12.2 Å². The smallest absolute Gasteiger partial charge is 0.133 e.